The molecule has 2 bridgehead atoms. The molecule has 2 heterocycles. The largest absolute Gasteiger partial charge is 0.507 e. The maximum atomic E-state index is 14.4. The second-order valence-electron chi connectivity index (χ2n) is 13.8. The summed E-state index contributed by atoms with van der Waals surface area (Å²) in [5.41, 5.74) is -7.13. The van der Waals surface area contributed by atoms with Gasteiger partial charge >= 0.3 is 17.9 Å². The van der Waals surface area contributed by atoms with Crippen molar-refractivity contribution in [3.63, 3.8) is 0 Å². The molecule has 15 nitrogen and oxygen atoms in total. The highest BCUT2D eigenvalue weighted by Crippen LogP contribution is 2.66. The molecule has 0 aromatic heterocycles. The van der Waals surface area contributed by atoms with E-state index in [9.17, 15) is 54.3 Å². The number of phenols is 3. The minimum atomic E-state index is -2.85. The molecule has 0 spiro atoms. The number of rotatable bonds is 5. The number of carbonyl (C=O) groups is 6. The molecule has 8 atom stereocenters. The van der Waals surface area contributed by atoms with Crippen molar-refractivity contribution in [1.82, 2.24) is 0 Å². The van der Waals surface area contributed by atoms with Crippen LogP contribution >= 0.6 is 11.6 Å². The van der Waals surface area contributed by atoms with Crippen molar-refractivity contribution >= 4 is 46.9 Å². The standard InChI is InChI=1S/C35H33ClO15/c1-11-21-14(5-15(49-11)8-20(40)48-4)6-18-23(28(21)42)27(41)17-10-33(18,51-13(3)37)26-22(17)29(43)24-25(30(26)44)31(45)34(36)9-16(7-19(38)39)50-12(2)35(34,47)32(24)46/h6,11-12,15-17,42-44,47H,5,7-10H2,1-4H3,(H,38,39). The second-order valence-corrected chi connectivity index (χ2v) is 14.5. The molecule has 0 amide bonds. The fraction of sp³-hybridized carbons (Fsp3) is 0.486. The second kappa shape index (κ2) is 11.2. The van der Waals surface area contributed by atoms with Gasteiger partial charge in [0.2, 0.25) is 5.78 Å². The van der Waals surface area contributed by atoms with E-state index in [4.69, 9.17) is 30.5 Å². The molecule has 5 aliphatic rings. The number of aromatic hydroxyl groups is 3. The van der Waals surface area contributed by atoms with Crippen LogP contribution in [-0.2, 0) is 45.4 Å². The zero-order valence-corrected chi connectivity index (χ0v) is 28.5. The highest BCUT2D eigenvalue weighted by atomic mass is 35.5. The number of aliphatic hydroxyl groups is 1. The highest BCUT2D eigenvalue weighted by molar-refractivity contribution is 6.45. The first-order chi connectivity index (χ1) is 23.8. The van der Waals surface area contributed by atoms with E-state index in [0.29, 0.717) is 5.56 Å². The fourth-order valence-corrected chi connectivity index (χ4v) is 9.50. The molecular weight excluding hydrogens is 696 g/mol. The SMILES string of the molecule is COC(=O)CC1Cc2cc3c(c(O)c2C(C)O1)C(=O)C1CC3(OC(C)=O)c2c(O)c3c(c(O)c21)C(=O)C1(O)C(C)OC(CC(=O)O)CC1(Cl)C3=O. The van der Waals surface area contributed by atoms with Gasteiger partial charge in [-0.05, 0) is 31.9 Å². The summed E-state index contributed by atoms with van der Waals surface area (Å²) < 4.78 is 22.3. The monoisotopic (exact) mass is 728 g/mol. The predicted octanol–water partition coefficient (Wildman–Crippen LogP) is 2.60. The first-order valence-corrected chi connectivity index (χ1v) is 16.6. The number of hydrogen-bond acceptors (Lipinski definition) is 14. The zero-order valence-electron chi connectivity index (χ0n) is 27.7. The minimum Gasteiger partial charge on any atom is -0.507 e. The van der Waals surface area contributed by atoms with Gasteiger partial charge in [0, 0.05) is 36.5 Å². The van der Waals surface area contributed by atoms with Crippen LogP contribution in [0, 0.1) is 0 Å². The molecule has 3 aliphatic carbocycles. The van der Waals surface area contributed by atoms with Crippen LogP contribution in [0.2, 0.25) is 0 Å². The van der Waals surface area contributed by atoms with Crippen LogP contribution < -0.4 is 0 Å². The predicted molar refractivity (Wildman–Crippen MR) is 169 cm³/mol. The van der Waals surface area contributed by atoms with Crippen LogP contribution in [0.3, 0.4) is 0 Å². The molecule has 2 aliphatic heterocycles. The maximum absolute atomic E-state index is 14.4. The van der Waals surface area contributed by atoms with E-state index in [0.717, 1.165) is 6.92 Å². The highest BCUT2D eigenvalue weighted by Gasteiger charge is 2.71. The van der Waals surface area contributed by atoms with E-state index in [1.807, 2.05) is 0 Å². The molecule has 2 aromatic carbocycles. The van der Waals surface area contributed by atoms with Crippen LogP contribution in [0.4, 0.5) is 0 Å². The van der Waals surface area contributed by atoms with Crippen molar-refractivity contribution in [3.05, 3.63) is 50.6 Å². The number of carboxylic acid groups (broad SMARTS) is 1. The number of fused-ring (bicyclic) bond motifs is 10. The van der Waals surface area contributed by atoms with E-state index in [1.165, 1.54) is 20.1 Å². The lowest BCUT2D eigenvalue weighted by molar-refractivity contribution is -0.168. The average Bonchev–Trinajstić information content (AvgIpc) is 3.34. The number of aliphatic carboxylic acids is 1. The zero-order chi connectivity index (χ0) is 37.3. The van der Waals surface area contributed by atoms with Gasteiger partial charge in [-0.25, -0.2) is 0 Å². The number of benzene rings is 2. The Hall–Kier alpha value is -4.57. The summed E-state index contributed by atoms with van der Waals surface area (Å²) in [5, 5.41) is 57.0. The Morgan fingerprint density at radius 2 is 1.57 bits per heavy atom. The van der Waals surface area contributed by atoms with Gasteiger partial charge in [-0.1, -0.05) is 0 Å². The molecule has 8 unspecified atom stereocenters. The number of ether oxygens (including phenoxy) is 4. The van der Waals surface area contributed by atoms with Crippen molar-refractivity contribution in [3.8, 4) is 17.2 Å². The van der Waals surface area contributed by atoms with Gasteiger partial charge in [-0.2, -0.15) is 0 Å². The van der Waals surface area contributed by atoms with Crippen LogP contribution in [0.15, 0.2) is 6.07 Å². The molecule has 270 valence electrons. The van der Waals surface area contributed by atoms with Gasteiger partial charge in [0.05, 0.1) is 72.5 Å². The topological polar surface area (TPSA) is 240 Å². The number of phenolic OH excluding ortho intramolecular Hbond substituents is 3. The Morgan fingerprint density at radius 1 is 0.922 bits per heavy atom. The lowest BCUT2D eigenvalue weighted by atomic mass is 9.63. The molecule has 1 saturated heterocycles. The number of carboxylic acids is 1. The number of Topliss-reactive ketones (excluding diaryl/α,β-unsaturated/α-hetero) is 3. The van der Waals surface area contributed by atoms with Gasteiger partial charge in [0.1, 0.15) is 22.1 Å². The number of carbonyl (C=O) groups excluding carboxylic acids is 5. The normalized spacial score (nSPS) is 33.0. The summed E-state index contributed by atoms with van der Waals surface area (Å²) in [6.45, 7) is 3.87. The third-order valence-electron chi connectivity index (χ3n) is 11.0. The molecule has 0 radical (unpaired) electrons. The summed E-state index contributed by atoms with van der Waals surface area (Å²) in [5.74, 6) is -9.97. The molecule has 1 fully saturated rings. The Kier molecular flexibility index (Phi) is 7.66. The van der Waals surface area contributed by atoms with Crippen LogP contribution in [0.25, 0.3) is 0 Å². The first-order valence-electron chi connectivity index (χ1n) is 16.2. The summed E-state index contributed by atoms with van der Waals surface area (Å²) in [6.07, 6.45) is -6.15. The molecular formula is C35H33ClO15. The van der Waals surface area contributed by atoms with Crippen molar-refractivity contribution in [1.29, 1.82) is 0 Å². The van der Waals surface area contributed by atoms with Crippen molar-refractivity contribution in [2.45, 2.75) is 99.3 Å². The lowest BCUT2D eigenvalue weighted by Crippen LogP contribution is -2.72. The summed E-state index contributed by atoms with van der Waals surface area (Å²) in [7, 11) is 1.22. The van der Waals surface area contributed by atoms with Gasteiger partial charge in [0.15, 0.2) is 22.8 Å². The molecule has 5 N–H and O–H groups in total. The Morgan fingerprint density at radius 3 is 2.20 bits per heavy atom. The number of ketones is 3. The Labute approximate surface area is 294 Å². The molecule has 7 rings (SSSR count). The van der Waals surface area contributed by atoms with E-state index >= 15 is 0 Å². The quantitative estimate of drug-likeness (QED) is 0.169. The lowest BCUT2D eigenvalue weighted by Gasteiger charge is -2.52. The van der Waals surface area contributed by atoms with E-state index < -0.39 is 135 Å². The van der Waals surface area contributed by atoms with Gasteiger partial charge in [-0.15, -0.1) is 11.6 Å². The summed E-state index contributed by atoms with van der Waals surface area (Å²) in [4.78, 5) is 76.9. The van der Waals surface area contributed by atoms with E-state index in [1.54, 1.807) is 6.92 Å². The molecule has 16 heteroatoms. The minimum absolute atomic E-state index is 0.0514. The van der Waals surface area contributed by atoms with E-state index in [-0.39, 0.29) is 35.1 Å². The number of methoxy groups -OCH3 is 1. The summed E-state index contributed by atoms with van der Waals surface area (Å²) in [6, 6.07) is 1.49. The smallest absolute Gasteiger partial charge is 0.308 e. The van der Waals surface area contributed by atoms with Crippen LogP contribution in [-0.4, -0.2) is 96.7 Å². The fourth-order valence-electron chi connectivity index (χ4n) is 8.99. The van der Waals surface area contributed by atoms with Crippen molar-refractivity contribution < 1.29 is 73.2 Å². The maximum Gasteiger partial charge on any atom is 0.308 e. The van der Waals surface area contributed by atoms with Crippen molar-refractivity contribution in [2.24, 2.45) is 0 Å². The van der Waals surface area contributed by atoms with Gasteiger partial charge < -0.3 is 44.5 Å². The number of hydrogen-bond donors (Lipinski definition) is 5. The average molecular weight is 729 g/mol. The molecule has 51 heavy (non-hydrogen) atoms. The van der Waals surface area contributed by atoms with Gasteiger partial charge in [-0.3, -0.25) is 28.8 Å². The summed E-state index contributed by atoms with van der Waals surface area (Å²) >= 11 is 6.84. The Bertz CT molecular complexity index is 2020. The Balaban J connectivity index is 1.49. The van der Waals surface area contributed by atoms with Crippen LogP contribution in [0.5, 0.6) is 17.2 Å². The first kappa shape index (κ1) is 34.9. The van der Waals surface area contributed by atoms with Crippen molar-refractivity contribution in [2.75, 3.05) is 7.11 Å². The van der Waals surface area contributed by atoms with Gasteiger partial charge in [0.25, 0.3) is 0 Å². The third kappa shape index (κ3) is 4.41. The van der Waals surface area contributed by atoms with E-state index in [2.05, 4.69) is 0 Å². The molecule has 0 saturated carbocycles. The third-order valence-corrected chi connectivity index (χ3v) is 11.6. The number of esters is 2. The number of halogens is 1. The molecule has 2 aromatic rings. The van der Waals surface area contributed by atoms with Crippen LogP contribution in [0.1, 0.15) is 117 Å². The number of alkyl halides is 1.